The van der Waals surface area contributed by atoms with E-state index in [0.717, 1.165) is 6.26 Å². The number of esters is 1. The zero-order chi connectivity index (χ0) is 11.4. The van der Waals surface area contributed by atoms with Crippen molar-refractivity contribution in [2.45, 2.75) is 26.9 Å². The van der Waals surface area contributed by atoms with E-state index >= 15 is 0 Å². The summed E-state index contributed by atoms with van der Waals surface area (Å²) in [7, 11) is -3.61. The van der Waals surface area contributed by atoms with Crippen molar-refractivity contribution in [2.75, 3.05) is 12.9 Å². The van der Waals surface area contributed by atoms with E-state index in [2.05, 4.69) is 4.18 Å². The van der Waals surface area contributed by atoms with Crippen LogP contribution in [0, 0.1) is 5.92 Å². The van der Waals surface area contributed by atoms with Crippen LogP contribution in [-0.2, 0) is 23.8 Å². The third-order valence-corrected chi connectivity index (χ3v) is 1.85. The highest BCUT2D eigenvalue weighted by Crippen LogP contribution is 2.01. The molecule has 0 N–H and O–H groups in total. The Balaban J connectivity index is 4.01. The molecule has 0 rings (SSSR count). The molecule has 0 aliphatic carbocycles. The zero-order valence-electron chi connectivity index (χ0n) is 8.81. The molecule has 1 unspecified atom stereocenters. The van der Waals surface area contributed by atoms with Crippen LogP contribution in [0.15, 0.2) is 0 Å². The van der Waals surface area contributed by atoms with Crippen molar-refractivity contribution in [1.82, 2.24) is 0 Å². The Morgan fingerprint density at radius 2 is 1.79 bits per heavy atom. The Hall–Kier alpha value is -0.620. The Morgan fingerprint density at radius 3 is 2.14 bits per heavy atom. The topological polar surface area (TPSA) is 69.7 Å². The monoisotopic (exact) mass is 224 g/mol. The van der Waals surface area contributed by atoms with E-state index in [0.29, 0.717) is 0 Å². The minimum atomic E-state index is -3.61. The number of hydrogen-bond donors (Lipinski definition) is 0. The SMILES string of the molecule is CC(C)COC(=O)C(C)OS(C)(=O)=O. The van der Waals surface area contributed by atoms with Crippen molar-refractivity contribution in [3.63, 3.8) is 0 Å². The number of carbonyl (C=O) groups excluding carboxylic acids is 1. The smallest absolute Gasteiger partial charge is 0.336 e. The molecule has 5 nitrogen and oxygen atoms in total. The molecular weight excluding hydrogens is 208 g/mol. The predicted octanol–water partition coefficient (Wildman–Crippen LogP) is 0.550. The molecule has 1 atom stereocenters. The van der Waals surface area contributed by atoms with Crippen LogP contribution in [0.5, 0.6) is 0 Å². The largest absolute Gasteiger partial charge is 0.463 e. The fourth-order valence-electron chi connectivity index (χ4n) is 0.668. The van der Waals surface area contributed by atoms with Crippen LogP contribution in [0.1, 0.15) is 20.8 Å². The van der Waals surface area contributed by atoms with E-state index < -0.39 is 22.2 Å². The van der Waals surface area contributed by atoms with Crippen LogP contribution < -0.4 is 0 Å². The molecule has 0 heterocycles. The van der Waals surface area contributed by atoms with Crippen molar-refractivity contribution in [2.24, 2.45) is 5.92 Å². The van der Waals surface area contributed by atoms with Gasteiger partial charge in [0, 0.05) is 0 Å². The summed E-state index contributed by atoms with van der Waals surface area (Å²) in [5.41, 5.74) is 0. The summed E-state index contributed by atoms with van der Waals surface area (Å²) in [6.45, 7) is 5.37. The van der Waals surface area contributed by atoms with Crippen molar-refractivity contribution >= 4 is 16.1 Å². The minimum absolute atomic E-state index is 0.212. The Kier molecular flexibility index (Phi) is 5.07. The van der Waals surface area contributed by atoms with E-state index in [4.69, 9.17) is 4.74 Å². The van der Waals surface area contributed by atoms with E-state index in [1.165, 1.54) is 6.92 Å². The molecule has 6 heteroatoms. The molecule has 0 fully saturated rings. The lowest BCUT2D eigenvalue weighted by molar-refractivity contribution is -0.152. The summed E-state index contributed by atoms with van der Waals surface area (Å²) in [5.74, 6) is -0.450. The maximum atomic E-state index is 11.1. The molecule has 84 valence electrons. The molecule has 0 aliphatic rings. The summed E-state index contributed by atoms with van der Waals surface area (Å²) in [6, 6.07) is 0. The molecule has 0 spiro atoms. The molecule has 0 bridgehead atoms. The molecular formula is C8H16O5S. The lowest BCUT2D eigenvalue weighted by Crippen LogP contribution is -2.27. The first-order valence-corrected chi connectivity index (χ1v) is 6.09. The maximum absolute atomic E-state index is 11.1. The molecule has 0 saturated heterocycles. The van der Waals surface area contributed by atoms with Gasteiger partial charge < -0.3 is 4.74 Å². The number of ether oxygens (including phenoxy) is 1. The van der Waals surface area contributed by atoms with Crippen LogP contribution in [0.3, 0.4) is 0 Å². The Bertz CT molecular complexity index is 280. The Morgan fingerprint density at radius 1 is 1.29 bits per heavy atom. The molecule has 0 saturated carbocycles. The van der Waals surface area contributed by atoms with E-state index in [-0.39, 0.29) is 12.5 Å². The second-order valence-corrected chi connectivity index (χ2v) is 5.07. The van der Waals surface area contributed by atoms with E-state index in [1.54, 1.807) is 0 Å². The number of carbonyl (C=O) groups is 1. The van der Waals surface area contributed by atoms with Gasteiger partial charge in [0.1, 0.15) is 0 Å². The second-order valence-electron chi connectivity index (χ2n) is 3.47. The molecule has 0 radical (unpaired) electrons. The summed E-state index contributed by atoms with van der Waals surface area (Å²) in [4.78, 5) is 11.1. The van der Waals surface area contributed by atoms with Crippen molar-refractivity contribution in [3.8, 4) is 0 Å². The lowest BCUT2D eigenvalue weighted by Gasteiger charge is -2.11. The number of hydrogen-bond acceptors (Lipinski definition) is 5. The van der Waals surface area contributed by atoms with Gasteiger partial charge in [-0.2, -0.15) is 8.42 Å². The third kappa shape index (κ3) is 6.85. The minimum Gasteiger partial charge on any atom is -0.463 e. The van der Waals surface area contributed by atoms with Crippen LogP contribution in [0.2, 0.25) is 0 Å². The van der Waals surface area contributed by atoms with Gasteiger partial charge in [-0.05, 0) is 12.8 Å². The summed E-state index contributed by atoms with van der Waals surface area (Å²) < 4.78 is 30.5. The molecule has 0 aliphatic heterocycles. The summed E-state index contributed by atoms with van der Waals surface area (Å²) in [5, 5.41) is 0. The van der Waals surface area contributed by atoms with Gasteiger partial charge in [-0.15, -0.1) is 0 Å². The average molecular weight is 224 g/mol. The molecule has 0 aromatic heterocycles. The third-order valence-electron chi connectivity index (χ3n) is 1.21. The normalized spacial score (nSPS) is 14.1. The number of rotatable bonds is 5. The van der Waals surface area contributed by atoms with Crippen molar-refractivity contribution in [3.05, 3.63) is 0 Å². The highest BCUT2D eigenvalue weighted by atomic mass is 32.2. The second kappa shape index (κ2) is 5.31. The average Bonchev–Trinajstić information content (AvgIpc) is 1.96. The van der Waals surface area contributed by atoms with Gasteiger partial charge in [-0.1, -0.05) is 13.8 Å². The predicted molar refractivity (Wildman–Crippen MR) is 51.2 cm³/mol. The van der Waals surface area contributed by atoms with Gasteiger partial charge in [0.15, 0.2) is 6.10 Å². The molecule has 0 aromatic rings. The first-order valence-electron chi connectivity index (χ1n) is 4.27. The van der Waals surface area contributed by atoms with Gasteiger partial charge in [-0.25, -0.2) is 4.79 Å². The van der Waals surface area contributed by atoms with Gasteiger partial charge in [0.25, 0.3) is 10.1 Å². The van der Waals surface area contributed by atoms with Crippen molar-refractivity contribution in [1.29, 1.82) is 0 Å². The van der Waals surface area contributed by atoms with Gasteiger partial charge >= 0.3 is 5.97 Å². The van der Waals surface area contributed by atoms with Crippen LogP contribution >= 0.6 is 0 Å². The molecule has 0 amide bonds. The zero-order valence-corrected chi connectivity index (χ0v) is 9.63. The highest BCUT2D eigenvalue weighted by molar-refractivity contribution is 7.86. The van der Waals surface area contributed by atoms with E-state index in [1.807, 2.05) is 13.8 Å². The summed E-state index contributed by atoms with van der Waals surface area (Å²) in [6.07, 6.45) is -0.192. The highest BCUT2D eigenvalue weighted by Gasteiger charge is 2.20. The van der Waals surface area contributed by atoms with Crippen LogP contribution in [-0.4, -0.2) is 33.4 Å². The molecule has 14 heavy (non-hydrogen) atoms. The van der Waals surface area contributed by atoms with Gasteiger partial charge in [0.05, 0.1) is 12.9 Å². The first kappa shape index (κ1) is 13.4. The lowest BCUT2D eigenvalue weighted by atomic mass is 10.2. The maximum Gasteiger partial charge on any atom is 0.336 e. The standard InChI is InChI=1S/C8H16O5S/c1-6(2)5-12-8(9)7(3)13-14(4,10)11/h6-7H,5H2,1-4H3. The van der Waals surface area contributed by atoms with Crippen LogP contribution in [0.4, 0.5) is 0 Å². The Labute approximate surface area is 84.5 Å². The van der Waals surface area contributed by atoms with Crippen LogP contribution in [0.25, 0.3) is 0 Å². The molecule has 0 aromatic carbocycles. The quantitative estimate of drug-likeness (QED) is 0.504. The fraction of sp³-hybridized carbons (Fsp3) is 0.875. The van der Waals surface area contributed by atoms with Crippen molar-refractivity contribution < 1.29 is 22.1 Å². The van der Waals surface area contributed by atoms with Gasteiger partial charge in [0.2, 0.25) is 0 Å². The summed E-state index contributed by atoms with van der Waals surface area (Å²) >= 11 is 0. The first-order chi connectivity index (χ1) is 6.22. The van der Waals surface area contributed by atoms with Gasteiger partial charge in [-0.3, -0.25) is 4.18 Å². The van der Waals surface area contributed by atoms with E-state index in [9.17, 15) is 13.2 Å². The fourth-order valence-corrected chi connectivity index (χ4v) is 1.27.